The van der Waals surface area contributed by atoms with Gasteiger partial charge in [0, 0.05) is 54.2 Å². The molecule has 3 aliphatic rings. The number of thioether (sulfide) groups is 2. The molecule has 0 aromatic rings. The van der Waals surface area contributed by atoms with Crippen molar-refractivity contribution in [2.45, 2.75) is 109 Å². The Kier molecular flexibility index (Phi) is 15.1. The molecule has 2 saturated heterocycles. The first-order valence-corrected chi connectivity index (χ1v) is 16.8. The second kappa shape index (κ2) is 18.5. The van der Waals surface area contributed by atoms with E-state index in [1.165, 1.54) is 11.8 Å². The van der Waals surface area contributed by atoms with E-state index in [1.807, 2.05) is 0 Å². The summed E-state index contributed by atoms with van der Waals surface area (Å²) in [6.07, 6.45) is -12.7. The van der Waals surface area contributed by atoms with Gasteiger partial charge in [0.05, 0.1) is 13.2 Å². The molecular formula is C29H39NO17S2. The molecule has 20 heteroatoms. The van der Waals surface area contributed by atoms with Crippen LogP contribution in [0.1, 0.15) is 48.5 Å². The van der Waals surface area contributed by atoms with E-state index in [2.05, 4.69) is 4.99 Å². The molecule has 0 bridgehead atoms. The Bertz CT molecular complexity index is 1290. The zero-order valence-electron chi connectivity index (χ0n) is 27.8. The monoisotopic (exact) mass is 737 g/mol. The lowest BCUT2D eigenvalue weighted by Crippen LogP contribution is -2.64. The van der Waals surface area contributed by atoms with Gasteiger partial charge >= 0.3 is 41.8 Å². The highest BCUT2D eigenvalue weighted by Gasteiger charge is 2.55. The Balaban J connectivity index is 2.02. The average molecular weight is 738 g/mol. The van der Waals surface area contributed by atoms with Gasteiger partial charge in [-0.25, -0.2) is 0 Å². The number of carbonyl (C=O) groups is 7. The van der Waals surface area contributed by atoms with E-state index >= 15 is 0 Å². The van der Waals surface area contributed by atoms with Crippen molar-refractivity contribution in [3.05, 3.63) is 0 Å². The molecule has 0 saturated carbocycles. The smallest absolute Gasteiger partial charge is 0.303 e. The third-order valence-electron chi connectivity index (χ3n) is 6.64. The highest BCUT2D eigenvalue weighted by molar-refractivity contribution is 8.39. The van der Waals surface area contributed by atoms with Crippen LogP contribution in [0, 0.1) is 0 Å². The summed E-state index contributed by atoms with van der Waals surface area (Å²) in [5.41, 5.74) is -1.05. The molecule has 0 amide bonds. The van der Waals surface area contributed by atoms with Crippen molar-refractivity contribution in [1.82, 2.24) is 0 Å². The Morgan fingerprint density at radius 2 is 1.06 bits per heavy atom. The van der Waals surface area contributed by atoms with Crippen LogP contribution in [0.15, 0.2) is 4.99 Å². The van der Waals surface area contributed by atoms with E-state index in [1.54, 1.807) is 0 Å². The summed E-state index contributed by atoms with van der Waals surface area (Å²) in [5, 5.41) is 0. The minimum absolute atomic E-state index is 0.495. The van der Waals surface area contributed by atoms with Crippen molar-refractivity contribution in [3.63, 3.8) is 0 Å². The standard InChI is InChI=1S/C29H39NO17S2/c1-12(31)38-10-19-21(40-13(2)32)23(42-15(4)34)25(44-17(6)36)27(46-19)39-11-20-22(41-14(3)33)24(43-16(5)35)26(45-18(7)37)28(47-20)49-29-30-8-9-48-29/h19-28H,8-11H2,1-7H3/t19-,20-,21-,22-,23+,24+,25-,26-,27-,28+/m1/s1. The molecule has 0 radical (unpaired) electrons. The maximum Gasteiger partial charge on any atom is 0.303 e. The maximum absolute atomic E-state index is 12.3. The average Bonchev–Trinajstić information content (AvgIpc) is 3.48. The van der Waals surface area contributed by atoms with E-state index in [4.69, 9.17) is 47.4 Å². The SMILES string of the molecule is CC(=O)OC[C@H]1O[C@@H](OC[C@H]2O[C@@H](SC3=NCCS3)[C@H](OC(C)=O)[C@@H](OC(C)=O)[C@@H]2OC(C)=O)[C@H](OC(C)=O)[C@@H](OC(C)=O)[C@@H]1OC(C)=O. The molecule has 0 unspecified atom stereocenters. The fourth-order valence-corrected chi connectivity index (χ4v) is 7.34. The Hall–Kier alpha value is -3.46. The lowest BCUT2D eigenvalue weighted by molar-refractivity contribution is -0.317. The van der Waals surface area contributed by atoms with Crippen LogP contribution < -0.4 is 0 Å². The molecule has 274 valence electrons. The lowest BCUT2D eigenvalue weighted by Gasteiger charge is -2.46. The predicted molar refractivity (Wildman–Crippen MR) is 166 cm³/mol. The van der Waals surface area contributed by atoms with Crippen LogP contribution in [0.25, 0.3) is 0 Å². The number of esters is 7. The van der Waals surface area contributed by atoms with Gasteiger partial charge < -0.3 is 47.4 Å². The van der Waals surface area contributed by atoms with Crippen LogP contribution in [0.5, 0.6) is 0 Å². The van der Waals surface area contributed by atoms with Crippen LogP contribution in [-0.2, 0) is 80.9 Å². The fraction of sp³-hybridized carbons (Fsp3) is 0.724. The van der Waals surface area contributed by atoms with Crippen LogP contribution >= 0.6 is 23.5 Å². The molecule has 0 spiro atoms. The minimum atomic E-state index is -1.60. The van der Waals surface area contributed by atoms with E-state index in [9.17, 15) is 33.6 Å². The topological polar surface area (TPSA) is 224 Å². The van der Waals surface area contributed by atoms with Gasteiger partial charge in [0.2, 0.25) is 0 Å². The number of nitrogens with zero attached hydrogens (tertiary/aromatic N) is 1. The van der Waals surface area contributed by atoms with Crippen LogP contribution in [0.4, 0.5) is 0 Å². The number of hydrogen-bond donors (Lipinski definition) is 0. The van der Waals surface area contributed by atoms with E-state index < -0.39 is 116 Å². The largest absolute Gasteiger partial charge is 0.463 e. The quantitative estimate of drug-likeness (QED) is 0.196. The molecule has 0 aliphatic carbocycles. The molecule has 18 nitrogen and oxygen atoms in total. The van der Waals surface area contributed by atoms with Crippen molar-refractivity contribution in [2.24, 2.45) is 4.99 Å². The van der Waals surface area contributed by atoms with Gasteiger partial charge in [-0.05, 0) is 0 Å². The number of hydrogen-bond acceptors (Lipinski definition) is 20. The van der Waals surface area contributed by atoms with Crippen molar-refractivity contribution in [3.8, 4) is 0 Å². The molecular weight excluding hydrogens is 698 g/mol. The van der Waals surface area contributed by atoms with Crippen LogP contribution in [0.2, 0.25) is 0 Å². The molecule has 3 heterocycles. The first kappa shape index (κ1) is 40.0. The molecule has 10 atom stereocenters. The lowest BCUT2D eigenvalue weighted by atomic mass is 9.97. The highest BCUT2D eigenvalue weighted by Crippen LogP contribution is 2.38. The summed E-state index contributed by atoms with van der Waals surface area (Å²) in [4.78, 5) is 89.3. The van der Waals surface area contributed by atoms with Gasteiger partial charge in [-0.2, -0.15) is 0 Å². The molecule has 0 aromatic carbocycles. The third kappa shape index (κ3) is 12.1. The highest BCUT2D eigenvalue weighted by atomic mass is 32.2. The number of aliphatic imine (C=N–C) groups is 1. The van der Waals surface area contributed by atoms with Crippen molar-refractivity contribution >= 4 is 69.7 Å². The Morgan fingerprint density at radius 1 is 0.612 bits per heavy atom. The molecule has 3 rings (SSSR count). The molecule has 0 aromatic heterocycles. The van der Waals surface area contributed by atoms with E-state index in [0.29, 0.717) is 16.7 Å². The normalized spacial score (nSPS) is 31.0. The zero-order chi connectivity index (χ0) is 36.4. The summed E-state index contributed by atoms with van der Waals surface area (Å²) >= 11 is 2.53. The molecule has 0 N–H and O–H groups in total. The van der Waals surface area contributed by atoms with Crippen LogP contribution in [0.3, 0.4) is 0 Å². The van der Waals surface area contributed by atoms with Gasteiger partial charge in [0.15, 0.2) is 48.3 Å². The Morgan fingerprint density at radius 3 is 1.53 bits per heavy atom. The van der Waals surface area contributed by atoms with Crippen molar-refractivity contribution in [2.75, 3.05) is 25.5 Å². The Labute approximate surface area is 289 Å². The van der Waals surface area contributed by atoms with Crippen molar-refractivity contribution in [1.29, 1.82) is 0 Å². The summed E-state index contributed by atoms with van der Waals surface area (Å²) in [6.45, 7) is 7.25. The second-order valence-corrected chi connectivity index (χ2v) is 13.2. The molecule has 3 aliphatic heterocycles. The first-order valence-electron chi connectivity index (χ1n) is 15.0. The number of ether oxygens (including phenoxy) is 10. The zero-order valence-corrected chi connectivity index (χ0v) is 29.4. The van der Waals surface area contributed by atoms with Gasteiger partial charge in [0.1, 0.15) is 23.2 Å². The van der Waals surface area contributed by atoms with Gasteiger partial charge in [0.25, 0.3) is 0 Å². The maximum atomic E-state index is 12.3. The summed E-state index contributed by atoms with van der Waals surface area (Å²) in [5.74, 6) is -4.82. The number of rotatable bonds is 12. The van der Waals surface area contributed by atoms with Crippen LogP contribution in [-0.4, -0.2) is 132 Å². The van der Waals surface area contributed by atoms with Gasteiger partial charge in [-0.1, -0.05) is 23.5 Å². The van der Waals surface area contributed by atoms with E-state index in [-0.39, 0.29) is 0 Å². The van der Waals surface area contributed by atoms with Gasteiger partial charge in [-0.3, -0.25) is 38.6 Å². The minimum Gasteiger partial charge on any atom is -0.463 e. The fourth-order valence-electron chi connectivity index (χ4n) is 5.08. The van der Waals surface area contributed by atoms with Crippen molar-refractivity contribution < 1.29 is 80.9 Å². The summed E-state index contributed by atoms with van der Waals surface area (Å²) < 4.78 is 56.9. The first-order chi connectivity index (χ1) is 23.0. The second-order valence-electron chi connectivity index (χ2n) is 10.8. The summed E-state index contributed by atoms with van der Waals surface area (Å²) in [6, 6.07) is 0. The van der Waals surface area contributed by atoms with E-state index in [0.717, 1.165) is 60.2 Å². The molecule has 49 heavy (non-hydrogen) atoms. The predicted octanol–water partition coefficient (Wildman–Crippen LogP) is 0.442. The third-order valence-corrected chi connectivity index (χ3v) is 8.99. The summed E-state index contributed by atoms with van der Waals surface area (Å²) in [7, 11) is 0. The molecule has 2 fully saturated rings. The van der Waals surface area contributed by atoms with Gasteiger partial charge in [-0.15, -0.1) is 0 Å². The number of carbonyl (C=O) groups excluding carboxylic acids is 7.